The number of benzene rings is 2. The molecule has 0 aliphatic rings. The van der Waals surface area contributed by atoms with Crippen molar-refractivity contribution >= 4 is 5.82 Å². The number of pyridine rings is 1. The summed E-state index contributed by atoms with van der Waals surface area (Å²) in [6.07, 6.45) is 1.66. The van der Waals surface area contributed by atoms with Gasteiger partial charge < -0.3 is 10.1 Å². The molecule has 0 bridgehead atoms. The van der Waals surface area contributed by atoms with E-state index in [-0.39, 0.29) is 0 Å². The van der Waals surface area contributed by atoms with Crippen molar-refractivity contribution in [1.29, 1.82) is 5.26 Å². The van der Waals surface area contributed by atoms with E-state index in [4.69, 9.17) is 10.00 Å². The lowest BCUT2D eigenvalue weighted by atomic mass is 10.2. The van der Waals surface area contributed by atoms with Gasteiger partial charge in [0.25, 0.3) is 0 Å². The molecule has 3 aromatic rings. The Bertz CT molecular complexity index is 825. The highest BCUT2D eigenvalue weighted by atomic mass is 16.5. The maximum absolute atomic E-state index is 9.11. The number of hydrogen-bond donors (Lipinski definition) is 1. The first-order valence-electron chi connectivity index (χ1n) is 7.26. The van der Waals surface area contributed by atoms with E-state index in [0.717, 1.165) is 17.1 Å². The highest BCUT2D eigenvalue weighted by Gasteiger charge is 2.06. The molecular formula is C19H15N3O. The van der Waals surface area contributed by atoms with Crippen molar-refractivity contribution in [3.05, 3.63) is 84.1 Å². The summed E-state index contributed by atoms with van der Waals surface area (Å²) >= 11 is 0. The van der Waals surface area contributed by atoms with Crippen LogP contribution in [-0.4, -0.2) is 4.98 Å². The van der Waals surface area contributed by atoms with Crippen molar-refractivity contribution in [2.75, 3.05) is 5.32 Å². The molecule has 0 unspecified atom stereocenters. The topological polar surface area (TPSA) is 57.9 Å². The van der Waals surface area contributed by atoms with Crippen LogP contribution in [0.1, 0.15) is 11.1 Å². The number of nitriles is 1. The van der Waals surface area contributed by atoms with Gasteiger partial charge in [0, 0.05) is 18.3 Å². The van der Waals surface area contributed by atoms with Gasteiger partial charge in [-0.2, -0.15) is 5.26 Å². The number of nitrogens with zero attached hydrogens (tertiary/aromatic N) is 2. The van der Waals surface area contributed by atoms with Crippen molar-refractivity contribution in [3.8, 4) is 17.6 Å². The molecule has 112 valence electrons. The maximum Gasteiger partial charge on any atom is 0.144 e. The molecule has 1 heterocycles. The summed E-state index contributed by atoms with van der Waals surface area (Å²) in [5.74, 6) is 2.14. The lowest BCUT2D eigenvalue weighted by molar-refractivity contribution is 0.477. The zero-order chi connectivity index (χ0) is 15.9. The molecule has 0 atom stereocenters. The first kappa shape index (κ1) is 14.6. The summed E-state index contributed by atoms with van der Waals surface area (Å²) in [5, 5.41) is 12.3. The molecular weight excluding hydrogens is 286 g/mol. The fraction of sp³-hybridized carbons (Fsp3) is 0.0526. The highest BCUT2D eigenvalue weighted by molar-refractivity contribution is 5.52. The van der Waals surface area contributed by atoms with Crippen molar-refractivity contribution < 1.29 is 4.74 Å². The van der Waals surface area contributed by atoms with E-state index in [2.05, 4.69) is 16.4 Å². The SMILES string of the molecule is N#Cc1cccnc1NCc1ccccc1Oc1ccccc1. The summed E-state index contributed by atoms with van der Waals surface area (Å²) in [4.78, 5) is 4.20. The van der Waals surface area contributed by atoms with Crippen LogP contribution in [0.4, 0.5) is 5.82 Å². The van der Waals surface area contributed by atoms with Crippen molar-refractivity contribution in [2.45, 2.75) is 6.54 Å². The monoisotopic (exact) mass is 301 g/mol. The minimum atomic E-state index is 0.522. The molecule has 1 N–H and O–H groups in total. The smallest absolute Gasteiger partial charge is 0.144 e. The van der Waals surface area contributed by atoms with Crippen molar-refractivity contribution in [1.82, 2.24) is 4.98 Å². The molecule has 0 spiro atoms. The van der Waals surface area contributed by atoms with Crippen LogP contribution in [-0.2, 0) is 6.54 Å². The van der Waals surface area contributed by atoms with E-state index >= 15 is 0 Å². The number of nitrogens with one attached hydrogen (secondary N) is 1. The van der Waals surface area contributed by atoms with Gasteiger partial charge in [-0.05, 0) is 30.3 Å². The minimum absolute atomic E-state index is 0.522. The van der Waals surface area contributed by atoms with E-state index in [1.165, 1.54) is 0 Å². The number of rotatable bonds is 5. The van der Waals surface area contributed by atoms with Gasteiger partial charge in [-0.15, -0.1) is 0 Å². The lowest BCUT2D eigenvalue weighted by Gasteiger charge is -2.12. The second-order valence-electron chi connectivity index (χ2n) is 4.89. The van der Waals surface area contributed by atoms with E-state index in [0.29, 0.717) is 17.9 Å². The van der Waals surface area contributed by atoms with Gasteiger partial charge in [-0.3, -0.25) is 0 Å². The first-order valence-corrected chi connectivity index (χ1v) is 7.26. The van der Waals surface area contributed by atoms with Crippen molar-refractivity contribution in [2.24, 2.45) is 0 Å². The Hall–Kier alpha value is -3.32. The predicted molar refractivity (Wildman–Crippen MR) is 89.2 cm³/mol. The van der Waals surface area contributed by atoms with Gasteiger partial charge in [0.15, 0.2) is 0 Å². The zero-order valence-electron chi connectivity index (χ0n) is 12.4. The highest BCUT2D eigenvalue weighted by Crippen LogP contribution is 2.25. The predicted octanol–water partition coefficient (Wildman–Crippen LogP) is 4.36. The minimum Gasteiger partial charge on any atom is -0.457 e. The van der Waals surface area contributed by atoms with Gasteiger partial charge in [-0.1, -0.05) is 36.4 Å². The van der Waals surface area contributed by atoms with E-state index in [1.54, 1.807) is 18.3 Å². The van der Waals surface area contributed by atoms with Crippen LogP contribution in [0.15, 0.2) is 72.9 Å². The van der Waals surface area contributed by atoms with Crippen LogP contribution in [0.2, 0.25) is 0 Å². The molecule has 4 heteroatoms. The molecule has 0 saturated carbocycles. The fourth-order valence-corrected chi connectivity index (χ4v) is 2.18. The fourth-order valence-electron chi connectivity index (χ4n) is 2.18. The molecule has 0 aliphatic heterocycles. The van der Waals surface area contributed by atoms with E-state index in [1.807, 2.05) is 54.6 Å². The molecule has 1 aromatic heterocycles. The quantitative estimate of drug-likeness (QED) is 0.760. The standard InChI is InChI=1S/C19H15N3O/c20-13-15-8-6-12-21-19(15)22-14-16-7-4-5-11-18(16)23-17-9-2-1-3-10-17/h1-12H,14H2,(H,21,22). The van der Waals surface area contributed by atoms with Gasteiger partial charge in [-0.25, -0.2) is 4.98 Å². The van der Waals surface area contributed by atoms with Crippen LogP contribution in [0.25, 0.3) is 0 Å². The van der Waals surface area contributed by atoms with E-state index in [9.17, 15) is 0 Å². The molecule has 3 rings (SSSR count). The molecule has 23 heavy (non-hydrogen) atoms. The lowest BCUT2D eigenvalue weighted by Crippen LogP contribution is -2.04. The summed E-state index contributed by atoms with van der Waals surface area (Å²) < 4.78 is 5.93. The summed E-state index contributed by atoms with van der Waals surface area (Å²) in [5.41, 5.74) is 1.51. The molecule has 0 aliphatic carbocycles. The maximum atomic E-state index is 9.11. The summed E-state index contributed by atoms with van der Waals surface area (Å²) in [7, 11) is 0. The molecule has 2 aromatic carbocycles. The van der Waals surface area contributed by atoms with Crippen LogP contribution in [0.3, 0.4) is 0 Å². The Balaban J connectivity index is 1.77. The van der Waals surface area contributed by atoms with E-state index < -0.39 is 0 Å². The largest absolute Gasteiger partial charge is 0.457 e. The molecule has 0 fully saturated rings. The summed E-state index contributed by atoms with van der Waals surface area (Å²) in [6, 6.07) is 23.1. The van der Waals surface area contributed by atoms with Gasteiger partial charge in [0.05, 0.1) is 5.56 Å². The van der Waals surface area contributed by atoms with Crippen LogP contribution >= 0.6 is 0 Å². The third-order valence-electron chi connectivity index (χ3n) is 3.32. The van der Waals surface area contributed by atoms with Gasteiger partial charge in [0.2, 0.25) is 0 Å². The Labute approximate surface area is 135 Å². The number of para-hydroxylation sites is 2. The Morgan fingerprint density at radius 2 is 1.74 bits per heavy atom. The molecule has 0 radical (unpaired) electrons. The van der Waals surface area contributed by atoms with Gasteiger partial charge in [0.1, 0.15) is 23.4 Å². The number of aromatic nitrogens is 1. The van der Waals surface area contributed by atoms with Crippen LogP contribution in [0, 0.1) is 11.3 Å². The first-order chi connectivity index (χ1) is 11.4. The molecule has 0 saturated heterocycles. The average molecular weight is 301 g/mol. The van der Waals surface area contributed by atoms with Crippen molar-refractivity contribution in [3.63, 3.8) is 0 Å². The summed E-state index contributed by atoms with van der Waals surface area (Å²) in [6.45, 7) is 0.523. The molecule has 0 amide bonds. The van der Waals surface area contributed by atoms with Gasteiger partial charge >= 0.3 is 0 Å². The average Bonchev–Trinajstić information content (AvgIpc) is 2.62. The third-order valence-corrected chi connectivity index (χ3v) is 3.32. The second-order valence-corrected chi connectivity index (χ2v) is 4.89. The number of hydrogen-bond acceptors (Lipinski definition) is 4. The number of anilines is 1. The third kappa shape index (κ3) is 3.66. The van der Waals surface area contributed by atoms with Crippen LogP contribution < -0.4 is 10.1 Å². The Morgan fingerprint density at radius 3 is 2.57 bits per heavy atom. The Morgan fingerprint density at radius 1 is 0.957 bits per heavy atom. The Kier molecular flexibility index (Phi) is 4.51. The normalized spacial score (nSPS) is 9.87. The molecule has 4 nitrogen and oxygen atoms in total. The van der Waals surface area contributed by atoms with Crippen LogP contribution in [0.5, 0.6) is 11.5 Å². The second kappa shape index (κ2) is 7.10. The zero-order valence-corrected chi connectivity index (χ0v) is 12.4. The number of ether oxygens (including phenoxy) is 1.